The number of methoxy groups -OCH3 is 1. The molecule has 2 heterocycles. The molecule has 0 unspecified atom stereocenters. The lowest BCUT2D eigenvalue weighted by atomic mass is 10.0. The molecular formula is C30H28N4O7S. The Labute approximate surface area is 243 Å². The maximum atomic E-state index is 13.7. The number of urea groups is 1. The van der Waals surface area contributed by atoms with Crippen LogP contribution in [0.25, 0.3) is 11.1 Å². The van der Waals surface area contributed by atoms with E-state index in [4.69, 9.17) is 14.2 Å². The topological polar surface area (TPSA) is 136 Å². The average molecular weight is 589 g/mol. The number of sulfonamides is 1. The number of pyridine rings is 1. The van der Waals surface area contributed by atoms with Crippen molar-refractivity contribution < 1.29 is 32.2 Å². The number of nitrogens with zero attached hydrogens (tertiary/aromatic N) is 2. The molecule has 1 aliphatic rings. The summed E-state index contributed by atoms with van der Waals surface area (Å²) in [7, 11) is -1.40. The van der Waals surface area contributed by atoms with Gasteiger partial charge in [0.2, 0.25) is 18.6 Å². The molecule has 3 amide bonds. The Balaban J connectivity index is 1.39. The van der Waals surface area contributed by atoms with Gasteiger partial charge in [-0.25, -0.2) is 22.9 Å². The van der Waals surface area contributed by atoms with Crippen molar-refractivity contribution in [2.45, 2.75) is 17.4 Å². The lowest BCUT2D eigenvalue weighted by Gasteiger charge is -2.25. The van der Waals surface area contributed by atoms with E-state index in [2.05, 4.69) is 15.0 Å². The number of hydrogen-bond acceptors (Lipinski definition) is 8. The molecule has 0 saturated carbocycles. The average Bonchev–Trinajstić information content (AvgIpc) is 3.48. The molecule has 1 atom stereocenters. The Bertz CT molecular complexity index is 1710. The van der Waals surface area contributed by atoms with E-state index in [-0.39, 0.29) is 24.0 Å². The summed E-state index contributed by atoms with van der Waals surface area (Å²) in [5.41, 5.74) is 2.01. The van der Waals surface area contributed by atoms with Crippen molar-refractivity contribution in [3.05, 3.63) is 96.7 Å². The van der Waals surface area contributed by atoms with Gasteiger partial charge in [0.15, 0.2) is 11.5 Å². The van der Waals surface area contributed by atoms with Crippen LogP contribution in [0.15, 0.2) is 96.0 Å². The fraction of sp³-hybridized carbons (Fsp3) is 0.167. The van der Waals surface area contributed by atoms with Gasteiger partial charge in [-0.2, -0.15) is 0 Å². The lowest BCUT2D eigenvalue weighted by Crippen LogP contribution is -2.52. The third-order valence-electron chi connectivity index (χ3n) is 6.62. The van der Waals surface area contributed by atoms with Gasteiger partial charge in [0, 0.05) is 42.5 Å². The Morgan fingerprint density at radius 2 is 1.67 bits per heavy atom. The first kappa shape index (κ1) is 28.4. The Kier molecular flexibility index (Phi) is 8.25. The summed E-state index contributed by atoms with van der Waals surface area (Å²) < 4.78 is 45.0. The van der Waals surface area contributed by atoms with Gasteiger partial charge in [-0.3, -0.25) is 4.79 Å². The number of amides is 3. The van der Waals surface area contributed by atoms with Crippen LogP contribution in [0.3, 0.4) is 0 Å². The van der Waals surface area contributed by atoms with Crippen molar-refractivity contribution in [2.75, 3.05) is 25.9 Å². The highest BCUT2D eigenvalue weighted by molar-refractivity contribution is 7.90. The number of likely N-dealkylation sites (N-methyl/N-ethyl adjacent to an activating group) is 1. The monoisotopic (exact) mass is 588 g/mol. The van der Waals surface area contributed by atoms with Gasteiger partial charge in [0.1, 0.15) is 6.04 Å². The molecule has 1 aromatic heterocycles. The second-order valence-corrected chi connectivity index (χ2v) is 11.0. The molecule has 0 saturated heterocycles. The van der Waals surface area contributed by atoms with Crippen molar-refractivity contribution in [1.29, 1.82) is 0 Å². The van der Waals surface area contributed by atoms with E-state index in [0.717, 1.165) is 5.56 Å². The third-order valence-corrected chi connectivity index (χ3v) is 8.01. The number of fused-ring (bicyclic) bond motifs is 1. The smallest absolute Gasteiger partial charge is 0.329 e. The molecule has 5 rings (SSSR count). The van der Waals surface area contributed by atoms with Crippen LogP contribution < -0.4 is 29.1 Å². The number of nitrogens with one attached hydrogen (secondary N) is 2. The molecule has 0 aliphatic carbocycles. The summed E-state index contributed by atoms with van der Waals surface area (Å²) in [6.07, 6.45) is 1.64. The van der Waals surface area contributed by atoms with Crippen LogP contribution in [0.4, 0.5) is 10.5 Å². The molecule has 12 heteroatoms. The van der Waals surface area contributed by atoms with E-state index >= 15 is 0 Å². The van der Waals surface area contributed by atoms with E-state index in [1.807, 2.05) is 30.3 Å². The van der Waals surface area contributed by atoms with E-state index < -0.39 is 28.0 Å². The van der Waals surface area contributed by atoms with Crippen LogP contribution in [-0.2, 0) is 21.2 Å². The molecule has 0 radical (unpaired) electrons. The summed E-state index contributed by atoms with van der Waals surface area (Å²) >= 11 is 0. The zero-order valence-electron chi connectivity index (χ0n) is 22.8. The van der Waals surface area contributed by atoms with Gasteiger partial charge in [-0.15, -0.1) is 0 Å². The lowest BCUT2D eigenvalue weighted by molar-refractivity contribution is -0.120. The molecule has 4 aromatic rings. The number of carbonyl (C=O) groups excluding carboxylic acids is 2. The molecule has 1 aliphatic heterocycles. The van der Waals surface area contributed by atoms with E-state index in [1.54, 1.807) is 55.6 Å². The van der Waals surface area contributed by atoms with Crippen molar-refractivity contribution in [3.63, 3.8) is 0 Å². The zero-order chi connectivity index (χ0) is 29.7. The highest BCUT2D eigenvalue weighted by Crippen LogP contribution is 2.35. The standard InChI is InChI=1S/C30H28N4O7S/c1-34(21-14-15-25-26(18-21)41-19-40-25)29(35)24(17-20-9-4-3-5-10-20)32-30(36)33-42(37,38)27-13-7-6-11-22(27)23-12-8-16-31-28(23)39-2/h3-16,18,24H,17,19H2,1-2H3,(H2,32,33,36)/t24-/m0/s1. The fourth-order valence-electron chi connectivity index (χ4n) is 4.55. The van der Waals surface area contributed by atoms with Gasteiger partial charge >= 0.3 is 6.03 Å². The third kappa shape index (κ3) is 6.13. The minimum atomic E-state index is -4.39. The number of aromatic nitrogens is 1. The van der Waals surface area contributed by atoms with Crippen LogP contribution >= 0.6 is 0 Å². The molecule has 216 valence electrons. The number of benzene rings is 3. The first-order chi connectivity index (χ1) is 20.3. The van der Waals surface area contributed by atoms with Crippen LogP contribution in [0, 0.1) is 0 Å². The highest BCUT2D eigenvalue weighted by Gasteiger charge is 2.29. The molecule has 0 bridgehead atoms. The molecule has 0 spiro atoms. The first-order valence-electron chi connectivity index (χ1n) is 12.9. The van der Waals surface area contributed by atoms with Crippen LogP contribution in [0.1, 0.15) is 5.56 Å². The fourth-order valence-corrected chi connectivity index (χ4v) is 5.69. The summed E-state index contributed by atoms with van der Waals surface area (Å²) in [6, 6.07) is 21.5. The number of carbonyl (C=O) groups is 2. The quantitative estimate of drug-likeness (QED) is 0.302. The molecule has 0 fully saturated rings. The maximum absolute atomic E-state index is 13.7. The Morgan fingerprint density at radius 1 is 0.952 bits per heavy atom. The maximum Gasteiger partial charge on any atom is 0.329 e. The number of hydrogen-bond donors (Lipinski definition) is 2. The molecule has 2 N–H and O–H groups in total. The predicted octanol–water partition coefficient (Wildman–Crippen LogP) is 3.75. The van der Waals surface area contributed by atoms with Crippen molar-refractivity contribution in [1.82, 2.24) is 15.0 Å². The minimum Gasteiger partial charge on any atom is -0.481 e. The van der Waals surface area contributed by atoms with Crippen molar-refractivity contribution in [2.24, 2.45) is 0 Å². The van der Waals surface area contributed by atoms with Gasteiger partial charge in [-0.1, -0.05) is 48.5 Å². The van der Waals surface area contributed by atoms with E-state index in [9.17, 15) is 18.0 Å². The van der Waals surface area contributed by atoms with Crippen molar-refractivity contribution >= 4 is 27.6 Å². The number of rotatable bonds is 9. The summed E-state index contributed by atoms with van der Waals surface area (Å²) in [6.45, 7) is 0.0833. The van der Waals surface area contributed by atoms with Gasteiger partial charge in [0.05, 0.1) is 12.0 Å². The van der Waals surface area contributed by atoms with E-state index in [0.29, 0.717) is 28.3 Å². The zero-order valence-corrected chi connectivity index (χ0v) is 23.6. The predicted molar refractivity (Wildman–Crippen MR) is 155 cm³/mol. The number of ether oxygens (including phenoxy) is 3. The molecule has 42 heavy (non-hydrogen) atoms. The van der Waals surface area contributed by atoms with Crippen molar-refractivity contribution in [3.8, 4) is 28.5 Å². The Morgan fingerprint density at radius 3 is 2.45 bits per heavy atom. The van der Waals surface area contributed by atoms with Gasteiger partial charge in [-0.05, 0) is 35.9 Å². The van der Waals surface area contributed by atoms with Gasteiger partial charge in [0.25, 0.3) is 10.0 Å². The summed E-state index contributed by atoms with van der Waals surface area (Å²) in [5.74, 6) is 0.815. The minimum absolute atomic E-state index is 0.0833. The normalized spacial score (nSPS) is 12.7. The molecular weight excluding hydrogens is 560 g/mol. The number of anilines is 1. The largest absolute Gasteiger partial charge is 0.481 e. The SMILES string of the molecule is COc1ncccc1-c1ccccc1S(=O)(=O)NC(=O)N[C@@H](Cc1ccccc1)C(=O)N(C)c1ccc2c(c1)OCO2. The second-order valence-electron chi connectivity index (χ2n) is 9.31. The van der Waals surface area contributed by atoms with Crippen LogP contribution in [0.5, 0.6) is 17.4 Å². The Hall–Kier alpha value is -5.10. The first-order valence-corrected chi connectivity index (χ1v) is 14.4. The van der Waals surface area contributed by atoms with Crippen LogP contribution in [-0.4, -0.2) is 52.3 Å². The summed E-state index contributed by atoms with van der Waals surface area (Å²) in [4.78, 5) is 32.2. The van der Waals surface area contributed by atoms with E-state index in [1.165, 1.54) is 24.3 Å². The molecule has 3 aromatic carbocycles. The molecule has 11 nitrogen and oxygen atoms in total. The van der Waals surface area contributed by atoms with Crippen LogP contribution in [0.2, 0.25) is 0 Å². The second kappa shape index (κ2) is 12.2. The van der Waals surface area contributed by atoms with Gasteiger partial charge < -0.3 is 24.4 Å². The highest BCUT2D eigenvalue weighted by atomic mass is 32.2. The summed E-state index contributed by atoms with van der Waals surface area (Å²) in [5, 5.41) is 2.56.